The average Bonchev–Trinajstić information content (AvgIpc) is 2.89. The molecule has 1 saturated heterocycles. The standard InChI is InChI=1S/C15H25N3O/c1-4-6-16-14-9-13(8-11(2)3)17-15(18-14)12-5-7-19-10-12/h9,11-12H,4-8,10H2,1-3H3,(H,16,17,18). The molecule has 1 atom stereocenters. The Kier molecular flexibility index (Phi) is 5.14. The van der Waals surface area contributed by atoms with Crippen LogP contribution in [0.2, 0.25) is 0 Å². The Labute approximate surface area is 116 Å². The van der Waals surface area contributed by atoms with Crippen molar-refractivity contribution in [1.29, 1.82) is 0 Å². The fraction of sp³-hybridized carbons (Fsp3) is 0.733. The highest BCUT2D eigenvalue weighted by atomic mass is 16.5. The van der Waals surface area contributed by atoms with Crippen molar-refractivity contribution in [2.75, 3.05) is 25.1 Å². The van der Waals surface area contributed by atoms with Gasteiger partial charge in [-0.1, -0.05) is 20.8 Å². The highest BCUT2D eigenvalue weighted by Crippen LogP contribution is 2.24. The third kappa shape index (κ3) is 4.16. The van der Waals surface area contributed by atoms with Crippen LogP contribution in [-0.2, 0) is 11.2 Å². The second kappa shape index (κ2) is 6.85. The number of aromatic nitrogens is 2. The Hall–Kier alpha value is -1.16. The van der Waals surface area contributed by atoms with Gasteiger partial charge in [0.25, 0.3) is 0 Å². The van der Waals surface area contributed by atoms with E-state index in [9.17, 15) is 0 Å². The molecule has 0 aliphatic carbocycles. The average molecular weight is 263 g/mol. The summed E-state index contributed by atoms with van der Waals surface area (Å²) in [6.07, 6.45) is 3.15. The predicted molar refractivity (Wildman–Crippen MR) is 77.5 cm³/mol. The van der Waals surface area contributed by atoms with E-state index in [1.165, 1.54) is 0 Å². The van der Waals surface area contributed by atoms with Gasteiger partial charge < -0.3 is 10.1 Å². The molecular formula is C15H25N3O. The quantitative estimate of drug-likeness (QED) is 0.857. The largest absolute Gasteiger partial charge is 0.381 e. The molecule has 1 unspecified atom stereocenters. The highest BCUT2D eigenvalue weighted by molar-refractivity contribution is 5.36. The zero-order valence-corrected chi connectivity index (χ0v) is 12.3. The molecule has 0 saturated carbocycles. The van der Waals surface area contributed by atoms with Crippen molar-refractivity contribution < 1.29 is 4.74 Å². The van der Waals surface area contributed by atoms with Crippen LogP contribution in [0.5, 0.6) is 0 Å². The van der Waals surface area contributed by atoms with Crippen LogP contribution in [0, 0.1) is 5.92 Å². The summed E-state index contributed by atoms with van der Waals surface area (Å²) >= 11 is 0. The summed E-state index contributed by atoms with van der Waals surface area (Å²) in [5, 5.41) is 3.38. The molecule has 19 heavy (non-hydrogen) atoms. The van der Waals surface area contributed by atoms with Crippen LogP contribution in [0.15, 0.2) is 6.07 Å². The number of nitrogens with one attached hydrogen (secondary N) is 1. The van der Waals surface area contributed by atoms with E-state index < -0.39 is 0 Å². The minimum Gasteiger partial charge on any atom is -0.381 e. The van der Waals surface area contributed by atoms with E-state index in [0.717, 1.165) is 56.4 Å². The van der Waals surface area contributed by atoms with Gasteiger partial charge in [0, 0.05) is 30.8 Å². The SMILES string of the molecule is CCCNc1cc(CC(C)C)nc(C2CCOC2)n1. The van der Waals surface area contributed by atoms with Gasteiger partial charge in [-0.25, -0.2) is 9.97 Å². The topological polar surface area (TPSA) is 47.0 Å². The molecule has 0 spiro atoms. The molecule has 1 fully saturated rings. The van der Waals surface area contributed by atoms with Crippen molar-refractivity contribution in [3.63, 3.8) is 0 Å². The van der Waals surface area contributed by atoms with E-state index >= 15 is 0 Å². The second-order valence-electron chi connectivity index (χ2n) is 5.69. The molecule has 0 radical (unpaired) electrons. The molecule has 0 amide bonds. The van der Waals surface area contributed by atoms with E-state index in [-0.39, 0.29) is 0 Å². The van der Waals surface area contributed by atoms with Crippen LogP contribution in [0.1, 0.15) is 51.0 Å². The molecule has 1 aliphatic heterocycles. The van der Waals surface area contributed by atoms with Gasteiger partial charge >= 0.3 is 0 Å². The maximum absolute atomic E-state index is 5.45. The first-order chi connectivity index (χ1) is 9.19. The van der Waals surface area contributed by atoms with Crippen molar-refractivity contribution in [2.24, 2.45) is 5.92 Å². The van der Waals surface area contributed by atoms with Gasteiger partial charge in [-0.3, -0.25) is 0 Å². The molecule has 1 aromatic rings. The molecule has 1 N–H and O–H groups in total. The number of rotatable bonds is 6. The molecule has 2 rings (SSSR count). The lowest BCUT2D eigenvalue weighted by atomic mass is 10.1. The van der Waals surface area contributed by atoms with Crippen LogP contribution >= 0.6 is 0 Å². The second-order valence-corrected chi connectivity index (χ2v) is 5.69. The molecule has 2 heterocycles. The molecule has 4 heteroatoms. The minimum atomic E-state index is 0.370. The minimum absolute atomic E-state index is 0.370. The Balaban J connectivity index is 2.19. The third-order valence-electron chi connectivity index (χ3n) is 3.26. The van der Waals surface area contributed by atoms with E-state index in [1.807, 2.05) is 0 Å². The molecule has 4 nitrogen and oxygen atoms in total. The fourth-order valence-corrected chi connectivity index (χ4v) is 2.31. The summed E-state index contributed by atoms with van der Waals surface area (Å²) in [7, 11) is 0. The third-order valence-corrected chi connectivity index (χ3v) is 3.26. The van der Waals surface area contributed by atoms with Crippen molar-refractivity contribution in [3.8, 4) is 0 Å². The predicted octanol–water partition coefficient (Wildman–Crippen LogP) is 3.00. The van der Waals surface area contributed by atoms with E-state index in [2.05, 4.69) is 37.1 Å². The molecule has 0 aromatic carbocycles. The van der Waals surface area contributed by atoms with Crippen molar-refractivity contribution in [3.05, 3.63) is 17.6 Å². The lowest BCUT2D eigenvalue weighted by Gasteiger charge is -2.13. The number of anilines is 1. The van der Waals surface area contributed by atoms with Crippen molar-refractivity contribution in [2.45, 2.75) is 46.0 Å². The van der Waals surface area contributed by atoms with Gasteiger partial charge in [0.05, 0.1) is 6.61 Å². The zero-order valence-electron chi connectivity index (χ0n) is 12.3. The summed E-state index contributed by atoms with van der Waals surface area (Å²) < 4.78 is 5.45. The number of ether oxygens (including phenoxy) is 1. The summed E-state index contributed by atoms with van der Waals surface area (Å²) in [6, 6.07) is 2.09. The first-order valence-corrected chi connectivity index (χ1v) is 7.38. The van der Waals surface area contributed by atoms with Gasteiger partial charge in [0.2, 0.25) is 0 Å². The summed E-state index contributed by atoms with van der Waals surface area (Å²) in [6.45, 7) is 9.16. The Morgan fingerprint density at radius 3 is 2.89 bits per heavy atom. The van der Waals surface area contributed by atoms with E-state index in [1.54, 1.807) is 0 Å². The maximum Gasteiger partial charge on any atom is 0.136 e. The van der Waals surface area contributed by atoms with Crippen LogP contribution in [0.25, 0.3) is 0 Å². The first kappa shape index (κ1) is 14.3. The van der Waals surface area contributed by atoms with Crippen LogP contribution in [0.3, 0.4) is 0 Å². The van der Waals surface area contributed by atoms with Crippen LogP contribution in [0.4, 0.5) is 5.82 Å². The van der Waals surface area contributed by atoms with Gasteiger partial charge in [0.1, 0.15) is 11.6 Å². The Morgan fingerprint density at radius 1 is 1.42 bits per heavy atom. The molecule has 1 aliphatic rings. The summed E-state index contributed by atoms with van der Waals surface area (Å²) in [5.74, 6) is 2.90. The number of nitrogens with zero attached hydrogens (tertiary/aromatic N) is 2. The lowest BCUT2D eigenvalue weighted by Crippen LogP contribution is -2.11. The van der Waals surface area contributed by atoms with E-state index in [0.29, 0.717) is 11.8 Å². The van der Waals surface area contributed by atoms with Crippen LogP contribution in [-0.4, -0.2) is 29.7 Å². The highest BCUT2D eigenvalue weighted by Gasteiger charge is 2.21. The lowest BCUT2D eigenvalue weighted by molar-refractivity contribution is 0.193. The Morgan fingerprint density at radius 2 is 2.26 bits per heavy atom. The Bertz CT molecular complexity index is 400. The van der Waals surface area contributed by atoms with Crippen LogP contribution < -0.4 is 5.32 Å². The smallest absolute Gasteiger partial charge is 0.136 e. The maximum atomic E-state index is 5.45. The van der Waals surface area contributed by atoms with Gasteiger partial charge in [-0.15, -0.1) is 0 Å². The molecule has 106 valence electrons. The fourth-order valence-electron chi connectivity index (χ4n) is 2.31. The zero-order chi connectivity index (χ0) is 13.7. The summed E-state index contributed by atoms with van der Waals surface area (Å²) in [4.78, 5) is 9.39. The molecular weight excluding hydrogens is 238 g/mol. The first-order valence-electron chi connectivity index (χ1n) is 7.38. The van der Waals surface area contributed by atoms with Gasteiger partial charge in [-0.05, 0) is 25.2 Å². The van der Waals surface area contributed by atoms with Gasteiger partial charge in [-0.2, -0.15) is 0 Å². The molecule has 1 aromatic heterocycles. The van der Waals surface area contributed by atoms with Crippen molar-refractivity contribution in [1.82, 2.24) is 9.97 Å². The normalized spacial score (nSPS) is 19.1. The molecule has 0 bridgehead atoms. The number of hydrogen-bond donors (Lipinski definition) is 1. The van der Waals surface area contributed by atoms with Gasteiger partial charge in [0.15, 0.2) is 0 Å². The van der Waals surface area contributed by atoms with Crippen molar-refractivity contribution >= 4 is 5.82 Å². The monoisotopic (exact) mass is 263 g/mol. The number of hydrogen-bond acceptors (Lipinski definition) is 4. The summed E-state index contributed by atoms with van der Waals surface area (Å²) in [5.41, 5.74) is 1.14. The van der Waals surface area contributed by atoms with E-state index in [4.69, 9.17) is 9.72 Å².